The Balaban J connectivity index is 2.97. The number of pyridine rings is 1. The summed E-state index contributed by atoms with van der Waals surface area (Å²) < 4.78 is 1.99. The largest absolute Gasteiger partial charge is 0.208 e. The van der Waals surface area contributed by atoms with Crippen molar-refractivity contribution in [3.05, 3.63) is 30.1 Å². The van der Waals surface area contributed by atoms with Crippen LogP contribution in [0.5, 0.6) is 0 Å². The number of aryl methyl sites for hydroxylation is 1. The lowest BCUT2D eigenvalue weighted by Gasteiger charge is -1.85. The van der Waals surface area contributed by atoms with Crippen LogP contribution < -0.4 is 4.57 Å². The van der Waals surface area contributed by atoms with Crippen molar-refractivity contribution >= 4 is 0 Å². The highest BCUT2D eigenvalue weighted by molar-refractivity contribution is 5.30. The molecule has 10 heavy (non-hydrogen) atoms. The Morgan fingerprint density at radius 2 is 1.90 bits per heavy atom. The van der Waals surface area contributed by atoms with E-state index in [4.69, 9.17) is 0 Å². The van der Waals surface area contributed by atoms with Gasteiger partial charge < -0.3 is 0 Å². The molecule has 1 nitrogen and oxygen atoms in total. The van der Waals surface area contributed by atoms with Crippen LogP contribution in [0.1, 0.15) is 12.5 Å². The van der Waals surface area contributed by atoms with E-state index in [0.29, 0.717) is 0 Å². The summed E-state index contributed by atoms with van der Waals surface area (Å²) in [6.07, 6.45) is 3.97. The van der Waals surface area contributed by atoms with Crippen LogP contribution in [0.25, 0.3) is 0 Å². The highest BCUT2D eigenvalue weighted by Crippen LogP contribution is 1.89. The van der Waals surface area contributed by atoms with Crippen LogP contribution in [0.15, 0.2) is 24.5 Å². The maximum absolute atomic E-state index is 2.97. The zero-order valence-electron chi connectivity index (χ0n) is 6.26. The van der Waals surface area contributed by atoms with Gasteiger partial charge in [-0.15, -0.1) is 5.92 Å². The first-order valence-electron chi connectivity index (χ1n) is 3.21. The van der Waals surface area contributed by atoms with Crippen LogP contribution in [0.2, 0.25) is 0 Å². The summed E-state index contributed by atoms with van der Waals surface area (Å²) in [6.45, 7) is 1.84. The fourth-order valence-corrected chi connectivity index (χ4v) is 0.729. The first-order chi connectivity index (χ1) is 4.83. The topological polar surface area (TPSA) is 3.88 Å². The minimum absolute atomic E-state index is 1.07. The Morgan fingerprint density at radius 1 is 1.30 bits per heavy atom. The maximum Gasteiger partial charge on any atom is 0.169 e. The van der Waals surface area contributed by atoms with E-state index < -0.39 is 0 Å². The molecule has 0 saturated carbocycles. The van der Waals surface area contributed by atoms with E-state index in [9.17, 15) is 0 Å². The molecule has 0 N–H and O–H groups in total. The summed E-state index contributed by atoms with van der Waals surface area (Å²) in [4.78, 5) is 0. The number of hydrogen-bond donors (Lipinski definition) is 0. The summed E-state index contributed by atoms with van der Waals surface area (Å²) >= 11 is 0. The molecule has 50 valence electrons. The molecule has 1 heteroatoms. The minimum Gasteiger partial charge on any atom is -0.208 e. The van der Waals surface area contributed by atoms with Crippen LogP contribution in [0.3, 0.4) is 0 Å². The van der Waals surface area contributed by atoms with Gasteiger partial charge in [0, 0.05) is 17.7 Å². The average Bonchev–Trinajstić information content (AvgIpc) is 1.95. The van der Waals surface area contributed by atoms with Gasteiger partial charge in [-0.25, -0.2) is 4.57 Å². The minimum atomic E-state index is 1.07. The highest BCUT2D eigenvalue weighted by atomic mass is 14.9. The van der Waals surface area contributed by atoms with E-state index in [1.807, 2.05) is 43.1 Å². The normalized spacial score (nSPS) is 8.20. The van der Waals surface area contributed by atoms with Gasteiger partial charge in [0.25, 0.3) is 0 Å². The molecular weight excluding hydrogens is 122 g/mol. The summed E-state index contributed by atoms with van der Waals surface area (Å²) in [6, 6.07) is 3.99. The van der Waals surface area contributed by atoms with Crippen LogP contribution in [-0.2, 0) is 7.05 Å². The Morgan fingerprint density at radius 3 is 2.40 bits per heavy atom. The summed E-state index contributed by atoms with van der Waals surface area (Å²) in [5.41, 5.74) is 1.07. The zero-order chi connectivity index (χ0) is 7.40. The van der Waals surface area contributed by atoms with Gasteiger partial charge in [-0.05, 0) is 6.92 Å². The molecule has 0 fully saturated rings. The average molecular weight is 132 g/mol. The summed E-state index contributed by atoms with van der Waals surface area (Å²) in [7, 11) is 1.99. The molecule has 0 saturated heterocycles. The van der Waals surface area contributed by atoms with Crippen molar-refractivity contribution < 1.29 is 4.57 Å². The Bertz CT molecular complexity index is 261. The quantitative estimate of drug-likeness (QED) is 0.364. The molecule has 0 aliphatic carbocycles. The zero-order valence-corrected chi connectivity index (χ0v) is 6.26. The third-order valence-electron chi connectivity index (χ3n) is 1.25. The van der Waals surface area contributed by atoms with Gasteiger partial charge in [0.15, 0.2) is 12.4 Å². The van der Waals surface area contributed by atoms with Crippen molar-refractivity contribution in [2.24, 2.45) is 7.05 Å². The molecule has 0 radical (unpaired) electrons. The fourth-order valence-electron chi connectivity index (χ4n) is 0.729. The van der Waals surface area contributed by atoms with E-state index in [1.165, 1.54) is 0 Å². The maximum atomic E-state index is 2.97. The lowest BCUT2D eigenvalue weighted by atomic mass is 10.3. The van der Waals surface area contributed by atoms with Gasteiger partial charge in [-0.1, -0.05) is 5.92 Å². The van der Waals surface area contributed by atoms with Crippen LogP contribution in [0, 0.1) is 11.8 Å². The molecular formula is C9H10N+. The molecule has 1 aromatic heterocycles. The third-order valence-corrected chi connectivity index (χ3v) is 1.25. The second kappa shape index (κ2) is 3.03. The third kappa shape index (κ3) is 1.60. The highest BCUT2D eigenvalue weighted by Gasteiger charge is 1.88. The van der Waals surface area contributed by atoms with Crippen molar-refractivity contribution in [1.29, 1.82) is 0 Å². The van der Waals surface area contributed by atoms with Gasteiger partial charge in [-0.2, -0.15) is 0 Å². The first-order valence-corrected chi connectivity index (χ1v) is 3.21. The van der Waals surface area contributed by atoms with Crippen molar-refractivity contribution in [3.63, 3.8) is 0 Å². The second-order valence-electron chi connectivity index (χ2n) is 2.13. The van der Waals surface area contributed by atoms with E-state index >= 15 is 0 Å². The number of rotatable bonds is 0. The molecule has 0 spiro atoms. The molecule has 0 aromatic carbocycles. The Hall–Kier alpha value is -1.29. The second-order valence-corrected chi connectivity index (χ2v) is 2.13. The van der Waals surface area contributed by atoms with E-state index in [2.05, 4.69) is 11.8 Å². The van der Waals surface area contributed by atoms with Crippen LogP contribution in [0.4, 0.5) is 0 Å². The number of hydrogen-bond acceptors (Lipinski definition) is 0. The summed E-state index contributed by atoms with van der Waals surface area (Å²) in [5.74, 6) is 5.82. The lowest BCUT2D eigenvalue weighted by molar-refractivity contribution is -0.671. The monoisotopic (exact) mass is 132 g/mol. The molecule has 0 amide bonds. The van der Waals surface area contributed by atoms with Gasteiger partial charge in [0.05, 0.1) is 0 Å². The molecule has 0 unspecified atom stereocenters. The summed E-state index contributed by atoms with van der Waals surface area (Å²) in [5, 5.41) is 0. The fraction of sp³-hybridized carbons (Fsp3) is 0.222. The Labute approximate surface area is 61.3 Å². The van der Waals surface area contributed by atoms with Crippen molar-refractivity contribution in [2.75, 3.05) is 0 Å². The van der Waals surface area contributed by atoms with Gasteiger partial charge in [0.1, 0.15) is 7.05 Å². The van der Waals surface area contributed by atoms with Crippen molar-refractivity contribution in [2.45, 2.75) is 6.92 Å². The number of nitrogens with zero attached hydrogens (tertiary/aromatic N) is 1. The molecule has 0 bridgehead atoms. The van der Waals surface area contributed by atoms with Crippen molar-refractivity contribution in [1.82, 2.24) is 0 Å². The lowest BCUT2D eigenvalue weighted by Crippen LogP contribution is -2.25. The molecule has 1 heterocycles. The van der Waals surface area contributed by atoms with E-state index in [1.54, 1.807) is 0 Å². The molecule has 1 aromatic rings. The van der Waals surface area contributed by atoms with E-state index in [-0.39, 0.29) is 0 Å². The smallest absolute Gasteiger partial charge is 0.169 e. The van der Waals surface area contributed by atoms with Gasteiger partial charge in [-0.3, -0.25) is 0 Å². The van der Waals surface area contributed by atoms with Gasteiger partial charge in [0.2, 0.25) is 0 Å². The Kier molecular flexibility index (Phi) is 2.07. The first kappa shape index (κ1) is 6.82. The molecule has 1 rings (SSSR count). The van der Waals surface area contributed by atoms with Crippen LogP contribution >= 0.6 is 0 Å². The predicted octanol–water partition coefficient (Wildman–Crippen LogP) is 0.883. The van der Waals surface area contributed by atoms with Crippen molar-refractivity contribution in [3.8, 4) is 11.8 Å². The molecule has 0 aliphatic heterocycles. The molecule has 0 atom stereocenters. The van der Waals surface area contributed by atoms with Crippen LogP contribution in [-0.4, -0.2) is 0 Å². The number of aromatic nitrogens is 1. The predicted molar refractivity (Wildman–Crippen MR) is 40.2 cm³/mol. The standard InChI is InChI=1S/C9H10N/c1-3-4-9-5-7-10(2)8-6-9/h5-8H,1-2H3/q+1. The van der Waals surface area contributed by atoms with E-state index in [0.717, 1.165) is 5.56 Å². The van der Waals surface area contributed by atoms with Gasteiger partial charge >= 0.3 is 0 Å². The SMILES string of the molecule is CC#Cc1cc[n+](C)cc1. The molecule has 0 aliphatic rings.